The second kappa shape index (κ2) is 4.12. The zero-order valence-electron chi connectivity index (χ0n) is 9.38. The van der Waals surface area contributed by atoms with Crippen molar-refractivity contribution in [2.45, 2.75) is 26.3 Å². The molecule has 0 spiro atoms. The highest BCUT2D eigenvalue weighted by Gasteiger charge is 2.24. The van der Waals surface area contributed by atoms with E-state index in [9.17, 15) is 9.18 Å². The molecule has 0 saturated carbocycles. The van der Waals surface area contributed by atoms with E-state index in [-0.39, 0.29) is 17.9 Å². The number of rotatable bonds is 2. The summed E-state index contributed by atoms with van der Waals surface area (Å²) in [4.78, 5) is 11.4. The predicted molar refractivity (Wildman–Crippen MR) is 60.8 cm³/mol. The van der Waals surface area contributed by atoms with Gasteiger partial charge in [-0.3, -0.25) is 0 Å². The van der Waals surface area contributed by atoms with Crippen LogP contribution < -0.4 is 10.6 Å². The van der Waals surface area contributed by atoms with Crippen LogP contribution in [0.25, 0.3) is 0 Å². The number of nitrogens with one attached hydrogen (secondary N) is 2. The molecule has 1 aliphatic heterocycles. The molecule has 0 aliphatic carbocycles. The molecule has 2 N–H and O–H groups in total. The topological polar surface area (TPSA) is 41.1 Å². The Bertz CT molecular complexity index is 417. The molecule has 1 heterocycles. The molecule has 4 heteroatoms. The van der Waals surface area contributed by atoms with Gasteiger partial charge in [-0.1, -0.05) is 19.9 Å². The van der Waals surface area contributed by atoms with Crippen LogP contribution in [-0.2, 0) is 0 Å². The lowest BCUT2D eigenvalue weighted by molar-refractivity contribution is 0.245. The summed E-state index contributed by atoms with van der Waals surface area (Å²) in [5.41, 5.74) is 1.53. The first kappa shape index (κ1) is 10.9. The number of carbonyl (C=O) groups is 1. The Hall–Kier alpha value is -1.58. The summed E-state index contributed by atoms with van der Waals surface area (Å²) in [7, 11) is 0. The summed E-state index contributed by atoms with van der Waals surface area (Å²) in [5.74, 6) is 0.144. The number of hydrogen-bond donors (Lipinski definition) is 2. The largest absolute Gasteiger partial charge is 0.331 e. The minimum Gasteiger partial charge on any atom is -0.331 e. The smallest absolute Gasteiger partial charge is 0.319 e. The van der Waals surface area contributed by atoms with Crippen molar-refractivity contribution in [2.24, 2.45) is 5.92 Å². The fourth-order valence-corrected chi connectivity index (χ4v) is 1.99. The van der Waals surface area contributed by atoms with Gasteiger partial charge in [0, 0.05) is 0 Å². The molecule has 0 aromatic heterocycles. The van der Waals surface area contributed by atoms with E-state index in [2.05, 4.69) is 24.5 Å². The van der Waals surface area contributed by atoms with Gasteiger partial charge in [0.05, 0.1) is 11.7 Å². The summed E-state index contributed by atoms with van der Waals surface area (Å²) < 4.78 is 13.0. The van der Waals surface area contributed by atoms with Gasteiger partial charge < -0.3 is 10.6 Å². The molecule has 0 radical (unpaired) electrons. The van der Waals surface area contributed by atoms with E-state index < -0.39 is 0 Å². The standard InChI is InChI=1S/C12H15FN2O/c1-7(2)5-10-9-4-3-8(13)6-11(9)15-12(16)14-10/h3-4,6-7,10H,5H2,1-2H3,(H2,14,15,16). The highest BCUT2D eigenvalue weighted by atomic mass is 19.1. The van der Waals surface area contributed by atoms with Gasteiger partial charge in [0.25, 0.3) is 0 Å². The Labute approximate surface area is 94.0 Å². The van der Waals surface area contributed by atoms with Crippen molar-refractivity contribution in [2.75, 3.05) is 5.32 Å². The van der Waals surface area contributed by atoms with E-state index in [1.165, 1.54) is 12.1 Å². The van der Waals surface area contributed by atoms with Gasteiger partial charge in [-0.25, -0.2) is 9.18 Å². The first-order chi connectivity index (χ1) is 7.56. The van der Waals surface area contributed by atoms with Crippen LogP contribution in [0.4, 0.5) is 14.9 Å². The summed E-state index contributed by atoms with van der Waals surface area (Å²) in [6.07, 6.45) is 0.853. The second-order valence-corrected chi connectivity index (χ2v) is 4.51. The molecule has 1 aromatic rings. The average Bonchev–Trinajstić information content (AvgIpc) is 2.15. The Morgan fingerprint density at radius 2 is 2.19 bits per heavy atom. The molecule has 16 heavy (non-hydrogen) atoms. The molecule has 1 aliphatic rings. The Balaban J connectivity index is 2.34. The summed E-state index contributed by atoms with van der Waals surface area (Å²) in [6, 6.07) is 4.23. The van der Waals surface area contributed by atoms with E-state index in [0.29, 0.717) is 11.6 Å². The van der Waals surface area contributed by atoms with Gasteiger partial charge >= 0.3 is 6.03 Å². The normalized spacial score (nSPS) is 19.0. The molecule has 1 aromatic carbocycles. The van der Waals surface area contributed by atoms with Crippen molar-refractivity contribution in [1.82, 2.24) is 5.32 Å². The van der Waals surface area contributed by atoms with Gasteiger partial charge in [0.2, 0.25) is 0 Å². The SMILES string of the molecule is CC(C)CC1NC(=O)Nc2cc(F)ccc21. The quantitative estimate of drug-likeness (QED) is 0.793. The monoisotopic (exact) mass is 222 g/mol. The van der Waals surface area contributed by atoms with Crippen LogP contribution in [0, 0.1) is 11.7 Å². The molecule has 86 valence electrons. The second-order valence-electron chi connectivity index (χ2n) is 4.51. The van der Waals surface area contributed by atoms with Crippen molar-refractivity contribution in [1.29, 1.82) is 0 Å². The van der Waals surface area contributed by atoms with Gasteiger partial charge in [-0.2, -0.15) is 0 Å². The molecular formula is C12H15FN2O. The van der Waals surface area contributed by atoms with Crippen LogP contribution >= 0.6 is 0 Å². The third-order valence-corrected chi connectivity index (χ3v) is 2.65. The maximum atomic E-state index is 13.0. The maximum absolute atomic E-state index is 13.0. The minimum atomic E-state index is -0.329. The van der Waals surface area contributed by atoms with Gasteiger partial charge in [0.15, 0.2) is 0 Å². The zero-order chi connectivity index (χ0) is 11.7. The van der Waals surface area contributed by atoms with Crippen molar-refractivity contribution in [3.63, 3.8) is 0 Å². The molecule has 1 unspecified atom stereocenters. The average molecular weight is 222 g/mol. The Morgan fingerprint density at radius 3 is 2.88 bits per heavy atom. The number of benzene rings is 1. The third-order valence-electron chi connectivity index (χ3n) is 2.65. The first-order valence-electron chi connectivity index (χ1n) is 5.43. The fraction of sp³-hybridized carbons (Fsp3) is 0.417. The predicted octanol–water partition coefficient (Wildman–Crippen LogP) is 3.05. The first-order valence-corrected chi connectivity index (χ1v) is 5.43. The number of carbonyl (C=O) groups excluding carboxylic acids is 1. The number of hydrogen-bond acceptors (Lipinski definition) is 1. The Morgan fingerprint density at radius 1 is 1.44 bits per heavy atom. The molecule has 0 saturated heterocycles. The van der Waals surface area contributed by atoms with Crippen molar-refractivity contribution >= 4 is 11.7 Å². The molecule has 1 atom stereocenters. The van der Waals surface area contributed by atoms with E-state index in [1.54, 1.807) is 6.07 Å². The third kappa shape index (κ3) is 2.15. The van der Waals surface area contributed by atoms with E-state index in [4.69, 9.17) is 0 Å². The van der Waals surface area contributed by atoms with Crippen molar-refractivity contribution in [3.8, 4) is 0 Å². The lowest BCUT2D eigenvalue weighted by atomic mass is 9.94. The van der Waals surface area contributed by atoms with Gasteiger partial charge in [-0.15, -0.1) is 0 Å². The zero-order valence-corrected chi connectivity index (χ0v) is 9.38. The van der Waals surface area contributed by atoms with E-state index in [1.807, 2.05) is 0 Å². The molecule has 0 fully saturated rings. The number of anilines is 1. The van der Waals surface area contributed by atoms with Gasteiger partial charge in [-0.05, 0) is 30.0 Å². The van der Waals surface area contributed by atoms with Crippen LogP contribution in [0.2, 0.25) is 0 Å². The van der Waals surface area contributed by atoms with E-state index >= 15 is 0 Å². The van der Waals surface area contributed by atoms with Gasteiger partial charge in [0.1, 0.15) is 5.82 Å². The number of urea groups is 1. The fourth-order valence-electron chi connectivity index (χ4n) is 1.99. The highest BCUT2D eigenvalue weighted by molar-refractivity contribution is 5.92. The summed E-state index contributed by atoms with van der Waals surface area (Å²) in [5, 5.41) is 5.46. The lowest BCUT2D eigenvalue weighted by Crippen LogP contribution is -2.38. The minimum absolute atomic E-state index is 0.0238. The number of amides is 2. The molecule has 2 amide bonds. The maximum Gasteiger partial charge on any atom is 0.319 e. The van der Waals surface area contributed by atoms with Crippen LogP contribution in [-0.4, -0.2) is 6.03 Å². The Kier molecular flexibility index (Phi) is 2.81. The van der Waals surface area contributed by atoms with Crippen LogP contribution in [0.3, 0.4) is 0 Å². The summed E-state index contributed by atoms with van der Waals surface area (Å²) in [6.45, 7) is 4.19. The molecular weight excluding hydrogens is 207 g/mol. The summed E-state index contributed by atoms with van der Waals surface area (Å²) >= 11 is 0. The number of halogens is 1. The van der Waals surface area contributed by atoms with Crippen molar-refractivity contribution < 1.29 is 9.18 Å². The van der Waals surface area contributed by atoms with Crippen LogP contribution in [0.1, 0.15) is 31.9 Å². The highest BCUT2D eigenvalue weighted by Crippen LogP contribution is 2.31. The molecule has 2 rings (SSSR count). The number of fused-ring (bicyclic) bond motifs is 1. The van der Waals surface area contributed by atoms with E-state index in [0.717, 1.165) is 12.0 Å². The van der Waals surface area contributed by atoms with Crippen molar-refractivity contribution in [3.05, 3.63) is 29.6 Å². The lowest BCUT2D eigenvalue weighted by Gasteiger charge is -2.28. The van der Waals surface area contributed by atoms with Crippen LogP contribution in [0.5, 0.6) is 0 Å². The molecule has 3 nitrogen and oxygen atoms in total. The molecule has 0 bridgehead atoms. The van der Waals surface area contributed by atoms with Crippen LogP contribution in [0.15, 0.2) is 18.2 Å².